The molecule has 6 heteroatoms. The topological polar surface area (TPSA) is 55.2 Å². The maximum Gasteiger partial charge on any atom is 0.266 e. The summed E-state index contributed by atoms with van der Waals surface area (Å²) in [5, 5.41) is 1.08. The van der Waals surface area contributed by atoms with Gasteiger partial charge in [-0.05, 0) is 49.6 Å². The maximum absolute atomic E-state index is 13.6. The van der Waals surface area contributed by atoms with Gasteiger partial charge >= 0.3 is 0 Å². The van der Waals surface area contributed by atoms with Crippen molar-refractivity contribution in [1.29, 1.82) is 0 Å². The van der Waals surface area contributed by atoms with Gasteiger partial charge in [-0.25, -0.2) is 4.98 Å². The molecular weight excluding hydrogens is 410 g/mol. The van der Waals surface area contributed by atoms with E-state index in [0.717, 1.165) is 19.3 Å². The predicted octanol–water partition coefficient (Wildman–Crippen LogP) is 5.92. The molecule has 3 aromatic rings. The van der Waals surface area contributed by atoms with Crippen LogP contribution in [0.5, 0.6) is 0 Å². The average molecular weight is 440 g/mol. The molecule has 164 valence electrons. The molecule has 2 aromatic carbocycles. The number of nitrogens with zero attached hydrogens (tertiary/aromatic N) is 3. The molecular formula is C25H30ClN3O2. The van der Waals surface area contributed by atoms with Crippen molar-refractivity contribution >= 4 is 28.4 Å². The molecule has 3 rings (SSSR count). The standard InChI is InChI=1S/C25H30ClN3O2/c1-4-7-15-23(30)28(16-5-2)22(6-3)24-27-21-14-9-8-13-20(21)25(31)29(24)19-12-10-11-18(26)17-19/h8-14,17,22H,4-7,15-16H2,1-3H3. The Bertz CT molecular complexity index is 1110. The summed E-state index contributed by atoms with van der Waals surface area (Å²) in [5.41, 5.74) is 1.14. The second-order valence-electron chi connectivity index (χ2n) is 7.72. The third kappa shape index (κ3) is 4.99. The first kappa shape index (κ1) is 23.0. The van der Waals surface area contributed by atoms with Gasteiger partial charge in [0.2, 0.25) is 5.91 Å². The molecule has 0 spiro atoms. The first-order chi connectivity index (χ1) is 15.0. The molecule has 1 aromatic heterocycles. The molecule has 1 amide bonds. The summed E-state index contributed by atoms with van der Waals surface area (Å²) in [7, 11) is 0. The van der Waals surface area contributed by atoms with E-state index in [1.54, 1.807) is 22.8 Å². The summed E-state index contributed by atoms with van der Waals surface area (Å²) in [6, 6.07) is 14.2. The fourth-order valence-electron chi connectivity index (χ4n) is 3.95. The third-order valence-corrected chi connectivity index (χ3v) is 5.69. The van der Waals surface area contributed by atoms with Crippen LogP contribution in [0.1, 0.15) is 64.7 Å². The first-order valence-corrected chi connectivity index (χ1v) is 11.5. The Morgan fingerprint density at radius 3 is 2.55 bits per heavy atom. The van der Waals surface area contributed by atoms with E-state index in [9.17, 15) is 9.59 Å². The maximum atomic E-state index is 13.6. The molecule has 0 saturated heterocycles. The number of carbonyl (C=O) groups excluding carboxylic acids is 1. The van der Waals surface area contributed by atoms with Gasteiger partial charge in [0, 0.05) is 18.0 Å². The van der Waals surface area contributed by atoms with Gasteiger partial charge in [0.05, 0.1) is 22.6 Å². The Labute approximate surface area is 188 Å². The number of para-hydroxylation sites is 1. The molecule has 0 N–H and O–H groups in total. The lowest BCUT2D eigenvalue weighted by atomic mass is 10.1. The van der Waals surface area contributed by atoms with Crippen molar-refractivity contribution < 1.29 is 4.79 Å². The number of rotatable bonds is 9. The minimum absolute atomic E-state index is 0.107. The van der Waals surface area contributed by atoms with E-state index < -0.39 is 0 Å². The van der Waals surface area contributed by atoms with E-state index in [0.29, 0.717) is 46.8 Å². The minimum atomic E-state index is -0.305. The van der Waals surface area contributed by atoms with Gasteiger partial charge < -0.3 is 4.90 Å². The number of aromatic nitrogens is 2. The summed E-state index contributed by atoms with van der Waals surface area (Å²) in [6.45, 7) is 6.80. The number of unbranched alkanes of at least 4 members (excludes halogenated alkanes) is 1. The fraction of sp³-hybridized carbons (Fsp3) is 0.400. The minimum Gasteiger partial charge on any atom is -0.333 e. The number of fused-ring (bicyclic) bond motifs is 1. The monoisotopic (exact) mass is 439 g/mol. The number of benzene rings is 2. The van der Waals surface area contributed by atoms with Crippen LogP contribution >= 0.6 is 11.6 Å². The van der Waals surface area contributed by atoms with Crippen molar-refractivity contribution in [2.75, 3.05) is 6.54 Å². The molecule has 0 aliphatic carbocycles. The largest absolute Gasteiger partial charge is 0.333 e. The number of hydrogen-bond acceptors (Lipinski definition) is 3. The average Bonchev–Trinajstić information content (AvgIpc) is 2.77. The van der Waals surface area contributed by atoms with Crippen molar-refractivity contribution in [2.24, 2.45) is 0 Å². The predicted molar refractivity (Wildman–Crippen MR) is 127 cm³/mol. The van der Waals surface area contributed by atoms with Crippen LogP contribution in [0.15, 0.2) is 53.3 Å². The van der Waals surface area contributed by atoms with Crippen LogP contribution < -0.4 is 5.56 Å². The van der Waals surface area contributed by atoms with Crippen LogP contribution in [0.3, 0.4) is 0 Å². The van der Waals surface area contributed by atoms with Gasteiger partial charge in [0.25, 0.3) is 5.56 Å². The van der Waals surface area contributed by atoms with Crippen LogP contribution in [-0.4, -0.2) is 26.9 Å². The number of hydrogen-bond donors (Lipinski definition) is 0. The second-order valence-corrected chi connectivity index (χ2v) is 8.16. The SMILES string of the molecule is CCCCC(=O)N(CCC)C(CC)c1nc2ccccc2c(=O)n1-c1cccc(Cl)c1. The van der Waals surface area contributed by atoms with Gasteiger partial charge in [0.15, 0.2) is 0 Å². The number of halogens is 1. The summed E-state index contributed by atoms with van der Waals surface area (Å²) in [4.78, 5) is 33.5. The summed E-state index contributed by atoms with van der Waals surface area (Å²) < 4.78 is 1.62. The smallest absolute Gasteiger partial charge is 0.266 e. The normalized spacial score (nSPS) is 12.1. The highest BCUT2D eigenvalue weighted by Gasteiger charge is 2.28. The van der Waals surface area contributed by atoms with Gasteiger partial charge in [-0.3, -0.25) is 14.2 Å². The quantitative estimate of drug-likeness (QED) is 0.416. The lowest BCUT2D eigenvalue weighted by Crippen LogP contribution is -2.39. The summed E-state index contributed by atoms with van der Waals surface area (Å²) >= 11 is 6.25. The molecule has 1 heterocycles. The van der Waals surface area contributed by atoms with Gasteiger partial charge in [-0.2, -0.15) is 0 Å². The highest BCUT2D eigenvalue weighted by atomic mass is 35.5. The van der Waals surface area contributed by atoms with E-state index in [2.05, 4.69) is 13.8 Å². The number of amides is 1. The van der Waals surface area contributed by atoms with E-state index in [4.69, 9.17) is 16.6 Å². The molecule has 0 fully saturated rings. The van der Waals surface area contributed by atoms with Crippen LogP contribution in [0.4, 0.5) is 0 Å². The Balaban J connectivity index is 2.25. The Morgan fingerprint density at radius 1 is 1.10 bits per heavy atom. The fourth-order valence-corrected chi connectivity index (χ4v) is 4.13. The highest BCUT2D eigenvalue weighted by molar-refractivity contribution is 6.30. The summed E-state index contributed by atoms with van der Waals surface area (Å²) in [5.74, 6) is 0.683. The number of carbonyl (C=O) groups is 1. The Hall–Kier alpha value is -2.66. The molecule has 0 aliphatic rings. The first-order valence-electron chi connectivity index (χ1n) is 11.1. The zero-order valence-corrected chi connectivity index (χ0v) is 19.2. The van der Waals surface area contributed by atoms with Gasteiger partial charge in [-0.1, -0.05) is 57.0 Å². The van der Waals surface area contributed by atoms with Crippen LogP contribution in [0.25, 0.3) is 16.6 Å². The molecule has 0 radical (unpaired) electrons. The third-order valence-electron chi connectivity index (χ3n) is 5.46. The van der Waals surface area contributed by atoms with Crippen molar-refractivity contribution in [3.05, 3.63) is 69.7 Å². The Kier molecular flexibility index (Phi) is 7.85. The molecule has 1 unspecified atom stereocenters. The molecule has 31 heavy (non-hydrogen) atoms. The van der Waals surface area contributed by atoms with Crippen LogP contribution in [0.2, 0.25) is 5.02 Å². The lowest BCUT2D eigenvalue weighted by Gasteiger charge is -2.32. The van der Waals surface area contributed by atoms with Crippen molar-refractivity contribution in [3.8, 4) is 5.69 Å². The van der Waals surface area contributed by atoms with Crippen LogP contribution in [-0.2, 0) is 4.79 Å². The lowest BCUT2D eigenvalue weighted by molar-refractivity contribution is -0.134. The molecule has 0 aliphatic heterocycles. The van der Waals surface area contributed by atoms with Gasteiger partial charge in [0.1, 0.15) is 5.82 Å². The van der Waals surface area contributed by atoms with Crippen molar-refractivity contribution in [2.45, 2.75) is 58.9 Å². The highest BCUT2D eigenvalue weighted by Crippen LogP contribution is 2.27. The van der Waals surface area contributed by atoms with Gasteiger partial charge in [-0.15, -0.1) is 0 Å². The molecule has 0 saturated carbocycles. The Morgan fingerprint density at radius 2 is 1.87 bits per heavy atom. The zero-order valence-electron chi connectivity index (χ0n) is 18.5. The molecule has 5 nitrogen and oxygen atoms in total. The second kappa shape index (κ2) is 10.6. The van der Waals surface area contributed by atoms with Crippen molar-refractivity contribution in [1.82, 2.24) is 14.5 Å². The van der Waals surface area contributed by atoms with E-state index in [1.807, 2.05) is 42.2 Å². The van der Waals surface area contributed by atoms with Crippen molar-refractivity contribution in [3.63, 3.8) is 0 Å². The van der Waals surface area contributed by atoms with E-state index in [-0.39, 0.29) is 17.5 Å². The zero-order chi connectivity index (χ0) is 22.4. The van der Waals surface area contributed by atoms with E-state index in [1.165, 1.54) is 0 Å². The molecule has 0 bridgehead atoms. The molecule has 1 atom stereocenters. The summed E-state index contributed by atoms with van der Waals surface area (Å²) in [6.07, 6.45) is 3.81. The van der Waals surface area contributed by atoms with E-state index >= 15 is 0 Å². The van der Waals surface area contributed by atoms with Crippen LogP contribution in [0, 0.1) is 0 Å².